The Bertz CT molecular complexity index is 1210. The van der Waals surface area contributed by atoms with E-state index >= 15 is 0 Å². The fourth-order valence-corrected chi connectivity index (χ4v) is 3.46. The molecule has 0 amide bonds. The Morgan fingerprint density at radius 2 is 2.07 bits per heavy atom. The number of ether oxygens (including phenoxy) is 2. The number of para-hydroxylation sites is 1. The first kappa shape index (κ1) is 19.6. The van der Waals surface area contributed by atoms with Crippen LogP contribution in [0, 0.1) is 0 Å². The van der Waals surface area contributed by atoms with E-state index in [4.69, 9.17) is 15.2 Å². The number of methoxy groups -OCH3 is 1. The van der Waals surface area contributed by atoms with Crippen LogP contribution in [0.15, 0.2) is 48.9 Å². The highest BCUT2D eigenvalue weighted by Gasteiger charge is 2.17. The van der Waals surface area contributed by atoms with E-state index < -0.39 is 6.09 Å². The second kappa shape index (κ2) is 8.34. The van der Waals surface area contributed by atoms with Crippen molar-refractivity contribution in [2.24, 2.45) is 0 Å². The minimum Gasteiger partial charge on any atom is -0.446 e. The van der Waals surface area contributed by atoms with Crippen LogP contribution in [0.2, 0.25) is 0 Å². The molecule has 154 valence electrons. The Balaban J connectivity index is 1.41. The Morgan fingerprint density at radius 1 is 1.23 bits per heavy atom. The summed E-state index contributed by atoms with van der Waals surface area (Å²) >= 11 is 0. The molecule has 0 fully saturated rings. The lowest BCUT2D eigenvalue weighted by Crippen LogP contribution is -2.24. The van der Waals surface area contributed by atoms with Gasteiger partial charge in [0.1, 0.15) is 18.5 Å². The van der Waals surface area contributed by atoms with E-state index in [1.807, 2.05) is 18.2 Å². The maximum atomic E-state index is 12.6. The Hall–Kier alpha value is -3.72. The normalized spacial score (nSPS) is 12.3. The molecule has 1 aromatic carbocycles. The number of aromatic nitrogens is 4. The zero-order valence-corrected chi connectivity index (χ0v) is 16.4. The predicted octanol–water partition coefficient (Wildman–Crippen LogP) is 2.71. The van der Waals surface area contributed by atoms with Crippen molar-refractivity contribution in [3.63, 3.8) is 0 Å². The zero-order valence-electron chi connectivity index (χ0n) is 16.4. The quantitative estimate of drug-likeness (QED) is 0.469. The van der Waals surface area contributed by atoms with Gasteiger partial charge in [0, 0.05) is 30.0 Å². The summed E-state index contributed by atoms with van der Waals surface area (Å²) in [6, 6.07) is 11.0. The zero-order chi connectivity index (χ0) is 21.1. The van der Waals surface area contributed by atoms with Crippen LogP contribution >= 0.6 is 0 Å². The van der Waals surface area contributed by atoms with E-state index in [1.54, 1.807) is 29.8 Å². The fourth-order valence-electron chi connectivity index (χ4n) is 3.46. The molecule has 1 atom stereocenters. The van der Waals surface area contributed by atoms with Crippen LogP contribution in [0.3, 0.4) is 0 Å². The van der Waals surface area contributed by atoms with Crippen LogP contribution in [-0.2, 0) is 15.9 Å². The lowest BCUT2D eigenvalue weighted by Gasteiger charge is -2.15. The van der Waals surface area contributed by atoms with Crippen molar-refractivity contribution in [3.8, 4) is 0 Å². The molecule has 0 aliphatic rings. The maximum absolute atomic E-state index is 12.6. The van der Waals surface area contributed by atoms with Crippen molar-refractivity contribution in [1.82, 2.24) is 19.2 Å². The SMILES string of the molecule is COC(CCc1ccc2c(N)ncnn12)COC(=O)n1cc(C=O)c2ccccc21. The first-order valence-electron chi connectivity index (χ1n) is 9.44. The van der Waals surface area contributed by atoms with Gasteiger partial charge >= 0.3 is 6.09 Å². The van der Waals surface area contributed by atoms with Crippen LogP contribution in [-0.4, -0.2) is 51.4 Å². The molecule has 3 aromatic heterocycles. The highest BCUT2D eigenvalue weighted by atomic mass is 16.6. The molecule has 1 unspecified atom stereocenters. The number of hydrogen-bond acceptors (Lipinski definition) is 7. The largest absolute Gasteiger partial charge is 0.446 e. The van der Waals surface area contributed by atoms with Crippen LogP contribution in [0.25, 0.3) is 16.4 Å². The number of anilines is 1. The lowest BCUT2D eigenvalue weighted by molar-refractivity contribution is 0.0311. The number of carbonyl (C=O) groups excluding carboxylic acids is 2. The summed E-state index contributed by atoms with van der Waals surface area (Å²) in [5.41, 5.74) is 8.63. The number of aldehydes is 1. The molecule has 30 heavy (non-hydrogen) atoms. The van der Waals surface area contributed by atoms with Gasteiger partial charge < -0.3 is 15.2 Å². The minimum atomic E-state index is -0.560. The third-order valence-corrected chi connectivity index (χ3v) is 5.08. The van der Waals surface area contributed by atoms with Crippen molar-refractivity contribution in [2.45, 2.75) is 18.9 Å². The van der Waals surface area contributed by atoms with Crippen molar-refractivity contribution >= 4 is 34.6 Å². The molecule has 4 rings (SSSR count). The summed E-state index contributed by atoms with van der Waals surface area (Å²) in [5, 5.41) is 4.93. The molecular weight excluding hydrogens is 386 g/mol. The van der Waals surface area contributed by atoms with Gasteiger partial charge in [-0.3, -0.25) is 9.36 Å². The summed E-state index contributed by atoms with van der Waals surface area (Å²) < 4.78 is 14.0. The van der Waals surface area contributed by atoms with E-state index in [0.717, 1.165) is 17.5 Å². The highest BCUT2D eigenvalue weighted by molar-refractivity contribution is 6.01. The van der Waals surface area contributed by atoms with Gasteiger partial charge in [-0.25, -0.2) is 14.3 Å². The third-order valence-electron chi connectivity index (χ3n) is 5.08. The van der Waals surface area contributed by atoms with Crippen molar-refractivity contribution in [2.75, 3.05) is 19.5 Å². The van der Waals surface area contributed by atoms with E-state index in [0.29, 0.717) is 35.1 Å². The van der Waals surface area contributed by atoms with Crippen LogP contribution < -0.4 is 5.73 Å². The van der Waals surface area contributed by atoms with Gasteiger partial charge in [-0.05, 0) is 31.0 Å². The number of benzene rings is 1. The fraction of sp³-hybridized carbons (Fsp3) is 0.238. The molecule has 3 heterocycles. The van der Waals surface area contributed by atoms with Crippen LogP contribution in [0.4, 0.5) is 10.6 Å². The summed E-state index contributed by atoms with van der Waals surface area (Å²) in [6.45, 7) is 0.0820. The lowest BCUT2D eigenvalue weighted by atomic mass is 10.1. The molecule has 0 saturated heterocycles. The van der Waals surface area contributed by atoms with Gasteiger partial charge in [0.05, 0.1) is 11.6 Å². The molecule has 0 aliphatic heterocycles. The van der Waals surface area contributed by atoms with Crippen LogP contribution in [0.1, 0.15) is 22.5 Å². The van der Waals surface area contributed by atoms with Crippen molar-refractivity contribution < 1.29 is 19.1 Å². The Kier molecular flexibility index (Phi) is 5.44. The second-order valence-electron chi connectivity index (χ2n) is 6.83. The molecule has 0 spiro atoms. The maximum Gasteiger partial charge on any atom is 0.418 e. The van der Waals surface area contributed by atoms with Gasteiger partial charge in [0.2, 0.25) is 0 Å². The minimum absolute atomic E-state index is 0.0820. The summed E-state index contributed by atoms with van der Waals surface area (Å²) in [4.78, 5) is 27.8. The number of nitrogens with zero attached hydrogens (tertiary/aromatic N) is 4. The van der Waals surface area contributed by atoms with E-state index in [2.05, 4.69) is 10.1 Å². The molecule has 9 heteroatoms. The first-order valence-corrected chi connectivity index (χ1v) is 9.44. The average molecular weight is 407 g/mol. The molecule has 0 radical (unpaired) electrons. The smallest absolute Gasteiger partial charge is 0.418 e. The van der Waals surface area contributed by atoms with Crippen LogP contribution in [0.5, 0.6) is 0 Å². The molecule has 2 N–H and O–H groups in total. The summed E-state index contributed by atoms with van der Waals surface area (Å²) in [6.07, 6.45) is 4.03. The highest BCUT2D eigenvalue weighted by Crippen LogP contribution is 2.20. The number of nitrogen functional groups attached to an aromatic ring is 1. The van der Waals surface area contributed by atoms with Gasteiger partial charge in [0.25, 0.3) is 0 Å². The molecule has 9 nitrogen and oxygen atoms in total. The van der Waals surface area contributed by atoms with E-state index in [9.17, 15) is 9.59 Å². The molecule has 0 aliphatic carbocycles. The predicted molar refractivity (Wildman–Crippen MR) is 111 cm³/mol. The van der Waals surface area contributed by atoms with Gasteiger partial charge in [0.15, 0.2) is 12.1 Å². The monoisotopic (exact) mass is 407 g/mol. The van der Waals surface area contributed by atoms with Crippen molar-refractivity contribution in [3.05, 3.63) is 60.2 Å². The van der Waals surface area contributed by atoms with Gasteiger partial charge in [-0.2, -0.15) is 5.10 Å². The number of aryl methyl sites for hydroxylation is 1. The average Bonchev–Trinajstić information content (AvgIpc) is 3.36. The number of nitrogens with two attached hydrogens (primary N) is 1. The molecule has 0 bridgehead atoms. The summed E-state index contributed by atoms with van der Waals surface area (Å²) in [5.74, 6) is 0.419. The number of fused-ring (bicyclic) bond motifs is 2. The molecular formula is C21H21N5O4. The Morgan fingerprint density at radius 3 is 2.87 bits per heavy atom. The van der Waals surface area contributed by atoms with E-state index in [-0.39, 0.29) is 12.7 Å². The standard InChI is InChI=1S/C21H21N5O4/c1-29-16(8-6-15-7-9-19-20(22)23-13-24-26(15)19)12-30-21(28)25-10-14(11-27)17-4-2-3-5-18(17)25/h2-5,7,9-11,13,16H,6,8,12H2,1H3,(H2,22,23,24). The van der Waals surface area contributed by atoms with Gasteiger partial charge in [-0.1, -0.05) is 18.2 Å². The van der Waals surface area contributed by atoms with Gasteiger partial charge in [-0.15, -0.1) is 0 Å². The first-order chi connectivity index (χ1) is 14.6. The number of rotatable bonds is 7. The number of carbonyl (C=O) groups is 2. The second-order valence-corrected chi connectivity index (χ2v) is 6.83. The molecule has 0 saturated carbocycles. The third kappa shape index (κ3) is 3.62. The Labute approximate surface area is 172 Å². The molecule has 4 aromatic rings. The van der Waals surface area contributed by atoms with Crippen molar-refractivity contribution in [1.29, 1.82) is 0 Å². The topological polar surface area (TPSA) is 114 Å². The number of hydrogen-bond donors (Lipinski definition) is 1. The van der Waals surface area contributed by atoms with E-state index in [1.165, 1.54) is 17.1 Å². The summed E-state index contributed by atoms with van der Waals surface area (Å²) in [7, 11) is 1.57.